The zero-order chi connectivity index (χ0) is 17.1. The van der Waals surface area contributed by atoms with Gasteiger partial charge in [0, 0.05) is 37.4 Å². The summed E-state index contributed by atoms with van der Waals surface area (Å²) in [6.07, 6.45) is 0.938. The molecule has 0 radical (unpaired) electrons. The lowest BCUT2D eigenvalue weighted by Crippen LogP contribution is -2.36. The van der Waals surface area contributed by atoms with Crippen LogP contribution in [-0.4, -0.2) is 56.6 Å². The molecule has 0 bridgehead atoms. The summed E-state index contributed by atoms with van der Waals surface area (Å²) >= 11 is 0. The molecule has 1 saturated heterocycles. The molecule has 0 unspecified atom stereocenters. The Morgan fingerprint density at radius 2 is 1.88 bits per heavy atom. The molecule has 130 valence electrons. The fraction of sp³-hybridized carbons (Fsp3) is 0.556. The second-order valence-electron chi connectivity index (χ2n) is 6.71. The summed E-state index contributed by atoms with van der Waals surface area (Å²) in [5, 5.41) is 2.85. The van der Waals surface area contributed by atoms with Gasteiger partial charge in [-0.25, -0.2) is 0 Å². The lowest BCUT2D eigenvalue weighted by molar-refractivity contribution is -0.134. The number of hydrogen-bond donors (Lipinski definition) is 1. The van der Waals surface area contributed by atoms with Gasteiger partial charge in [-0.15, -0.1) is 0 Å². The second kappa shape index (κ2) is 7.21. The first-order valence-electron chi connectivity index (χ1n) is 8.52. The van der Waals surface area contributed by atoms with E-state index < -0.39 is 0 Å². The molecule has 1 N–H and O–H groups in total. The highest BCUT2D eigenvalue weighted by atomic mass is 16.5. The van der Waals surface area contributed by atoms with E-state index in [0.717, 1.165) is 44.1 Å². The van der Waals surface area contributed by atoms with E-state index >= 15 is 0 Å². The molecule has 0 spiro atoms. The number of likely N-dealkylation sites (N-methyl/N-ethyl adjacent to an activating group) is 1. The number of hydrogen-bond acceptors (Lipinski definition) is 4. The van der Waals surface area contributed by atoms with Gasteiger partial charge in [-0.05, 0) is 36.6 Å². The number of morpholine rings is 1. The van der Waals surface area contributed by atoms with Crippen molar-refractivity contribution in [2.24, 2.45) is 11.8 Å². The molecular weight excluding hydrogens is 306 g/mol. The molecule has 2 aliphatic rings. The summed E-state index contributed by atoms with van der Waals surface area (Å²) in [4.78, 5) is 27.9. The van der Waals surface area contributed by atoms with Crippen molar-refractivity contribution in [1.82, 2.24) is 4.90 Å². The predicted molar refractivity (Wildman–Crippen MR) is 93.0 cm³/mol. The minimum Gasteiger partial charge on any atom is -0.378 e. The van der Waals surface area contributed by atoms with E-state index in [1.807, 2.05) is 24.3 Å². The predicted octanol–water partition coefficient (Wildman–Crippen LogP) is 1.58. The maximum Gasteiger partial charge on any atom is 0.243 e. The molecule has 6 nitrogen and oxygen atoms in total. The van der Waals surface area contributed by atoms with Gasteiger partial charge in [0.15, 0.2) is 0 Å². The van der Waals surface area contributed by atoms with E-state index in [1.165, 1.54) is 4.90 Å². The fourth-order valence-corrected chi connectivity index (χ4v) is 3.02. The number of anilines is 2. The van der Waals surface area contributed by atoms with Crippen LogP contribution in [0.4, 0.5) is 11.4 Å². The first-order valence-corrected chi connectivity index (χ1v) is 8.52. The standard InChI is InChI=1S/C18H25N3O3/c1-13-11-16(13)18(23)20(2)12-17(22)19-14-3-5-15(6-4-14)21-7-9-24-10-8-21/h3-6,13,16H,7-12H2,1-2H3,(H,19,22)/t13-,16-/m0/s1. The molecule has 2 atom stereocenters. The Bertz CT molecular complexity index is 596. The van der Waals surface area contributed by atoms with Gasteiger partial charge in [0.25, 0.3) is 0 Å². The molecule has 1 saturated carbocycles. The van der Waals surface area contributed by atoms with E-state index in [4.69, 9.17) is 4.74 Å². The first-order chi connectivity index (χ1) is 11.5. The molecule has 24 heavy (non-hydrogen) atoms. The Morgan fingerprint density at radius 1 is 1.25 bits per heavy atom. The summed E-state index contributed by atoms with van der Waals surface area (Å²) in [5.74, 6) is 0.463. The van der Waals surface area contributed by atoms with Crippen LogP contribution in [0, 0.1) is 11.8 Å². The summed E-state index contributed by atoms with van der Waals surface area (Å²) in [6.45, 7) is 5.42. The van der Waals surface area contributed by atoms with Crippen LogP contribution in [-0.2, 0) is 14.3 Å². The minimum atomic E-state index is -0.168. The number of rotatable bonds is 5. The molecular formula is C18H25N3O3. The molecule has 3 rings (SSSR count). The summed E-state index contributed by atoms with van der Waals surface area (Å²) in [6, 6.07) is 7.80. The first kappa shape index (κ1) is 16.8. The van der Waals surface area contributed by atoms with E-state index in [9.17, 15) is 9.59 Å². The van der Waals surface area contributed by atoms with Gasteiger partial charge in [-0.1, -0.05) is 6.92 Å². The van der Waals surface area contributed by atoms with E-state index in [-0.39, 0.29) is 24.3 Å². The van der Waals surface area contributed by atoms with Crippen molar-refractivity contribution in [3.05, 3.63) is 24.3 Å². The van der Waals surface area contributed by atoms with E-state index in [2.05, 4.69) is 17.1 Å². The van der Waals surface area contributed by atoms with Gasteiger partial charge in [-0.3, -0.25) is 9.59 Å². The van der Waals surface area contributed by atoms with Crippen molar-refractivity contribution >= 4 is 23.2 Å². The third-order valence-electron chi connectivity index (χ3n) is 4.71. The average Bonchev–Trinajstić information content (AvgIpc) is 3.32. The van der Waals surface area contributed by atoms with Gasteiger partial charge in [0.05, 0.1) is 19.8 Å². The zero-order valence-electron chi connectivity index (χ0n) is 14.3. The molecule has 6 heteroatoms. The van der Waals surface area contributed by atoms with E-state index in [1.54, 1.807) is 7.05 Å². The normalized spacial score (nSPS) is 22.8. The van der Waals surface area contributed by atoms with Crippen LogP contribution in [0.15, 0.2) is 24.3 Å². The van der Waals surface area contributed by atoms with Gasteiger partial charge >= 0.3 is 0 Å². The Labute approximate surface area is 142 Å². The van der Waals surface area contributed by atoms with Crippen molar-refractivity contribution in [3.63, 3.8) is 0 Å². The van der Waals surface area contributed by atoms with Crippen molar-refractivity contribution in [2.45, 2.75) is 13.3 Å². The van der Waals surface area contributed by atoms with Gasteiger partial charge in [-0.2, -0.15) is 0 Å². The number of amides is 2. The monoisotopic (exact) mass is 331 g/mol. The number of ether oxygens (including phenoxy) is 1. The van der Waals surface area contributed by atoms with Crippen LogP contribution in [0.2, 0.25) is 0 Å². The summed E-state index contributed by atoms with van der Waals surface area (Å²) in [5.41, 5.74) is 1.88. The lowest BCUT2D eigenvalue weighted by atomic mass is 10.2. The van der Waals surface area contributed by atoms with Crippen molar-refractivity contribution < 1.29 is 14.3 Å². The van der Waals surface area contributed by atoms with E-state index in [0.29, 0.717) is 5.92 Å². The molecule has 2 amide bonds. The minimum absolute atomic E-state index is 0.0697. The number of benzene rings is 1. The second-order valence-corrected chi connectivity index (χ2v) is 6.71. The molecule has 0 aromatic heterocycles. The Kier molecular flexibility index (Phi) is 5.04. The van der Waals surface area contributed by atoms with Crippen LogP contribution in [0.3, 0.4) is 0 Å². The van der Waals surface area contributed by atoms with Gasteiger partial charge in [0.1, 0.15) is 0 Å². The van der Waals surface area contributed by atoms with Gasteiger partial charge < -0.3 is 19.9 Å². The van der Waals surface area contributed by atoms with Crippen LogP contribution in [0.1, 0.15) is 13.3 Å². The topological polar surface area (TPSA) is 61.9 Å². The highest BCUT2D eigenvalue weighted by Gasteiger charge is 2.40. The molecule has 1 aliphatic heterocycles. The van der Waals surface area contributed by atoms with Crippen LogP contribution < -0.4 is 10.2 Å². The lowest BCUT2D eigenvalue weighted by Gasteiger charge is -2.28. The Hall–Kier alpha value is -2.08. The summed E-state index contributed by atoms with van der Waals surface area (Å²) < 4.78 is 5.35. The van der Waals surface area contributed by atoms with Crippen molar-refractivity contribution in [3.8, 4) is 0 Å². The van der Waals surface area contributed by atoms with Crippen LogP contribution in [0.5, 0.6) is 0 Å². The quantitative estimate of drug-likeness (QED) is 0.890. The average molecular weight is 331 g/mol. The number of nitrogens with zero attached hydrogens (tertiary/aromatic N) is 2. The molecule has 1 aromatic carbocycles. The SMILES string of the molecule is C[C@H]1C[C@@H]1C(=O)N(C)CC(=O)Nc1ccc(N2CCOCC2)cc1. The Balaban J connectivity index is 1.49. The largest absolute Gasteiger partial charge is 0.378 e. The van der Waals surface area contributed by atoms with Crippen molar-refractivity contribution in [2.75, 3.05) is 50.1 Å². The molecule has 1 aromatic rings. The smallest absolute Gasteiger partial charge is 0.243 e. The highest BCUT2D eigenvalue weighted by Crippen LogP contribution is 2.38. The Morgan fingerprint density at radius 3 is 2.46 bits per heavy atom. The molecule has 2 fully saturated rings. The van der Waals surface area contributed by atoms with Gasteiger partial charge in [0.2, 0.25) is 11.8 Å². The zero-order valence-corrected chi connectivity index (χ0v) is 14.3. The third-order valence-corrected chi connectivity index (χ3v) is 4.71. The number of carbonyl (C=O) groups excluding carboxylic acids is 2. The number of nitrogens with one attached hydrogen (secondary N) is 1. The van der Waals surface area contributed by atoms with Crippen LogP contribution in [0.25, 0.3) is 0 Å². The molecule has 1 aliphatic carbocycles. The summed E-state index contributed by atoms with van der Waals surface area (Å²) in [7, 11) is 1.69. The highest BCUT2D eigenvalue weighted by molar-refractivity contribution is 5.95. The fourth-order valence-electron chi connectivity index (χ4n) is 3.02. The van der Waals surface area contributed by atoms with Crippen molar-refractivity contribution in [1.29, 1.82) is 0 Å². The third kappa shape index (κ3) is 4.06. The van der Waals surface area contributed by atoms with Crippen LogP contribution >= 0.6 is 0 Å². The maximum atomic E-state index is 12.1. The molecule has 1 heterocycles. The number of carbonyl (C=O) groups is 2. The maximum absolute atomic E-state index is 12.1.